The van der Waals surface area contributed by atoms with Crippen LogP contribution in [0.3, 0.4) is 0 Å². The number of carbonyl (C=O) groups is 1. The van der Waals surface area contributed by atoms with Crippen LogP contribution in [-0.2, 0) is 4.79 Å². The standard InChI is InChI=1S/C20H20N4O3/c1-20(2)17(27)16(18-22-14-6-4-5-7-15(14)23-18)19(21-3)24(20)11-8-12(25)10-13(26)9-11/h4-10,16,25-26H,1-3H3,(H,22,23). The molecule has 27 heavy (non-hydrogen) atoms. The number of carbonyl (C=O) groups excluding carboxylic acids is 1. The fraction of sp³-hybridized carbons (Fsp3) is 0.250. The van der Waals surface area contributed by atoms with Crippen molar-refractivity contribution in [2.24, 2.45) is 4.99 Å². The monoisotopic (exact) mass is 364 g/mol. The van der Waals surface area contributed by atoms with Gasteiger partial charge in [-0.15, -0.1) is 0 Å². The second-order valence-electron chi connectivity index (χ2n) is 7.12. The highest BCUT2D eigenvalue weighted by atomic mass is 16.3. The van der Waals surface area contributed by atoms with E-state index in [4.69, 9.17) is 0 Å². The molecule has 3 aromatic rings. The number of anilines is 1. The predicted molar refractivity (Wildman–Crippen MR) is 104 cm³/mol. The van der Waals surface area contributed by atoms with E-state index in [-0.39, 0.29) is 17.3 Å². The van der Waals surface area contributed by atoms with Crippen molar-refractivity contribution in [1.29, 1.82) is 0 Å². The maximum absolute atomic E-state index is 13.3. The highest BCUT2D eigenvalue weighted by molar-refractivity contribution is 6.26. The number of Topliss-reactive ketones (excluding diaryl/α,β-unsaturated/α-hetero) is 1. The van der Waals surface area contributed by atoms with E-state index in [1.807, 2.05) is 24.3 Å². The number of phenolic OH excluding ortho intramolecular Hbond substituents is 2. The summed E-state index contributed by atoms with van der Waals surface area (Å²) in [7, 11) is 1.62. The Morgan fingerprint density at radius 1 is 1.15 bits per heavy atom. The van der Waals surface area contributed by atoms with Gasteiger partial charge in [0.1, 0.15) is 34.6 Å². The number of imidazole rings is 1. The maximum Gasteiger partial charge on any atom is 0.176 e. The van der Waals surface area contributed by atoms with Gasteiger partial charge in [0.05, 0.1) is 16.7 Å². The van der Waals surface area contributed by atoms with Gasteiger partial charge < -0.3 is 20.1 Å². The third kappa shape index (κ3) is 2.54. The Bertz CT molecular complexity index is 1030. The molecule has 7 nitrogen and oxygen atoms in total. The quantitative estimate of drug-likeness (QED) is 0.649. The van der Waals surface area contributed by atoms with Crippen LogP contribution in [0.4, 0.5) is 5.69 Å². The number of nitrogens with one attached hydrogen (secondary N) is 1. The van der Waals surface area contributed by atoms with Gasteiger partial charge in [-0.3, -0.25) is 9.79 Å². The summed E-state index contributed by atoms with van der Waals surface area (Å²) in [6, 6.07) is 11.8. The number of H-pyrrole nitrogens is 1. The van der Waals surface area contributed by atoms with Crippen LogP contribution in [0.2, 0.25) is 0 Å². The Labute approximate surface area is 156 Å². The molecule has 1 fully saturated rings. The van der Waals surface area contributed by atoms with Crippen LogP contribution in [-0.4, -0.2) is 44.4 Å². The first-order valence-corrected chi connectivity index (χ1v) is 8.62. The van der Waals surface area contributed by atoms with Crippen molar-refractivity contribution >= 4 is 28.3 Å². The lowest BCUT2D eigenvalue weighted by atomic mass is 9.93. The Hall–Kier alpha value is -3.35. The lowest BCUT2D eigenvalue weighted by Crippen LogP contribution is -2.44. The van der Waals surface area contributed by atoms with Crippen LogP contribution in [0.15, 0.2) is 47.5 Å². The minimum atomic E-state index is -0.932. The fourth-order valence-electron chi connectivity index (χ4n) is 3.74. The van der Waals surface area contributed by atoms with Gasteiger partial charge in [0.25, 0.3) is 0 Å². The number of phenols is 2. The molecule has 3 N–H and O–H groups in total. The summed E-state index contributed by atoms with van der Waals surface area (Å²) in [5.41, 5.74) is 1.19. The SMILES string of the molecule is CN=C1C(c2nc3ccccc3[nH]2)C(=O)C(C)(C)N1c1cc(O)cc(O)c1. The van der Waals surface area contributed by atoms with Crippen molar-refractivity contribution in [3.63, 3.8) is 0 Å². The zero-order valence-electron chi connectivity index (χ0n) is 15.3. The molecule has 2 aromatic carbocycles. The molecule has 0 bridgehead atoms. The van der Waals surface area contributed by atoms with Crippen molar-refractivity contribution < 1.29 is 15.0 Å². The van der Waals surface area contributed by atoms with Crippen LogP contribution in [0.25, 0.3) is 11.0 Å². The first-order valence-electron chi connectivity index (χ1n) is 8.62. The maximum atomic E-state index is 13.3. The second kappa shape index (κ2) is 5.84. The summed E-state index contributed by atoms with van der Waals surface area (Å²) < 4.78 is 0. The fourth-order valence-corrected chi connectivity index (χ4v) is 3.74. The number of aliphatic imine (C=N–C) groups is 1. The summed E-state index contributed by atoms with van der Waals surface area (Å²) in [6.45, 7) is 3.59. The largest absolute Gasteiger partial charge is 0.508 e. The zero-order valence-corrected chi connectivity index (χ0v) is 15.3. The van der Waals surface area contributed by atoms with E-state index >= 15 is 0 Å². The number of hydrogen-bond donors (Lipinski definition) is 3. The molecule has 4 rings (SSSR count). The number of aromatic hydroxyl groups is 2. The molecule has 7 heteroatoms. The van der Waals surface area contributed by atoms with E-state index in [1.54, 1.807) is 25.8 Å². The number of benzene rings is 2. The van der Waals surface area contributed by atoms with E-state index in [0.29, 0.717) is 17.3 Å². The van der Waals surface area contributed by atoms with Gasteiger partial charge in [-0.1, -0.05) is 12.1 Å². The van der Waals surface area contributed by atoms with Crippen molar-refractivity contribution in [1.82, 2.24) is 9.97 Å². The van der Waals surface area contributed by atoms with Crippen LogP contribution >= 0.6 is 0 Å². The average molecular weight is 364 g/mol. The van der Waals surface area contributed by atoms with Crippen molar-refractivity contribution in [2.75, 3.05) is 11.9 Å². The Morgan fingerprint density at radius 2 is 1.81 bits per heavy atom. The molecule has 0 saturated carbocycles. The van der Waals surface area contributed by atoms with Gasteiger partial charge in [0.15, 0.2) is 5.78 Å². The number of para-hydroxylation sites is 2. The Balaban J connectivity index is 1.88. The minimum Gasteiger partial charge on any atom is -0.508 e. The van der Waals surface area contributed by atoms with Crippen LogP contribution in [0, 0.1) is 0 Å². The molecular weight excluding hydrogens is 344 g/mol. The van der Waals surface area contributed by atoms with E-state index in [2.05, 4.69) is 15.0 Å². The molecule has 1 aliphatic heterocycles. The zero-order chi connectivity index (χ0) is 19.3. The number of aromatic nitrogens is 2. The van der Waals surface area contributed by atoms with E-state index in [1.165, 1.54) is 18.2 Å². The summed E-state index contributed by atoms with van der Waals surface area (Å²) in [5.74, 6) is 0.134. The number of nitrogens with zero attached hydrogens (tertiary/aromatic N) is 3. The molecule has 1 unspecified atom stereocenters. The number of hydrogen-bond acceptors (Lipinski definition) is 5. The molecule has 2 heterocycles. The highest BCUT2D eigenvalue weighted by Crippen LogP contribution is 2.42. The second-order valence-corrected chi connectivity index (χ2v) is 7.12. The molecule has 0 radical (unpaired) electrons. The molecule has 138 valence electrons. The molecular formula is C20H20N4O3. The van der Waals surface area contributed by atoms with Gasteiger partial charge in [-0.05, 0) is 26.0 Å². The molecule has 1 saturated heterocycles. The third-order valence-corrected chi connectivity index (χ3v) is 4.97. The summed E-state index contributed by atoms with van der Waals surface area (Å²) in [6.07, 6.45) is 0. The number of ketones is 1. The lowest BCUT2D eigenvalue weighted by molar-refractivity contribution is -0.121. The Kier molecular flexibility index (Phi) is 3.69. The summed E-state index contributed by atoms with van der Waals surface area (Å²) in [5, 5.41) is 19.8. The molecule has 1 aromatic heterocycles. The van der Waals surface area contributed by atoms with Gasteiger partial charge in [0.2, 0.25) is 0 Å². The Morgan fingerprint density at radius 3 is 2.44 bits per heavy atom. The number of aromatic amines is 1. The third-order valence-electron chi connectivity index (χ3n) is 4.97. The minimum absolute atomic E-state index is 0.0648. The summed E-state index contributed by atoms with van der Waals surface area (Å²) >= 11 is 0. The van der Waals surface area contributed by atoms with Crippen LogP contribution in [0.5, 0.6) is 11.5 Å². The van der Waals surface area contributed by atoms with Crippen LogP contribution in [0.1, 0.15) is 25.6 Å². The van der Waals surface area contributed by atoms with Crippen molar-refractivity contribution in [2.45, 2.75) is 25.3 Å². The van der Waals surface area contributed by atoms with Crippen LogP contribution < -0.4 is 4.90 Å². The van der Waals surface area contributed by atoms with E-state index in [9.17, 15) is 15.0 Å². The van der Waals surface area contributed by atoms with Gasteiger partial charge in [0, 0.05) is 25.2 Å². The average Bonchev–Trinajstić information content (AvgIpc) is 3.10. The van der Waals surface area contributed by atoms with E-state index < -0.39 is 11.5 Å². The molecule has 0 aliphatic carbocycles. The van der Waals surface area contributed by atoms with Gasteiger partial charge in [-0.2, -0.15) is 0 Å². The predicted octanol–water partition coefficient (Wildman–Crippen LogP) is 2.95. The number of amidine groups is 1. The smallest absolute Gasteiger partial charge is 0.176 e. The van der Waals surface area contributed by atoms with Gasteiger partial charge >= 0.3 is 0 Å². The highest BCUT2D eigenvalue weighted by Gasteiger charge is 2.53. The van der Waals surface area contributed by atoms with Crippen molar-refractivity contribution in [3.05, 3.63) is 48.3 Å². The van der Waals surface area contributed by atoms with Gasteiger partial charge in [-0.25, -0.2) is 4.98 Å². The number of fused-ring (bicyclic) bond motifs is 1. The topological polar surface area (TPSA) is 102 Å². The molecule has 1 atom stereocenters. The van der Waals surface area contributed by atoms with E-state index in [0.717, 1.165) is 11.0 Å². The number of rotatable bonds is 2. The first kappa shape index (κ1) is 17.1. The normalized spacial score (nSPS) is 20.7. The molecule has 1 aliphatic rings. The molecule has 0 spiro atoms. The lowest BCUT2D eigenvalue weighted by Gasteiger charge is -2.32. The molecule has 0 amide bonds. The van der Waals surface area contributed by atoms with Crippen molar-refractivity contribution in [3.8, 4) is 11.5 Å². The summed E-state index contributed by atoms with van der Waals surface area (Å²) in [4.78, 5) is 27.3. The first-order chi connectivity index (χ1) is 12.8.